The first kappa shape index (κ1) is 19.9. The van der Waals surface area contributed by atoms with Crippen LogP contribution in [-0.2, 0) is 6.54 Å². The van der Waals surface area contributed by atoms with Crippen molar-refractivity contribution >= 4 is 17.4 Å². The van der Waals surface area contributed by atoms with Crippen LogP contribution in [0.15, 0.2) is 54.6 Å². The summed E-state index contributed by atoms with van der Waals surface area (Å²) in [6.07, 6.45) is 0. The lowest BCUT2D eigenvalue weighted by molar-refractivity contribution is 0.0945. The van der Waals surface area contributed by atoms with E-state index in [1.807, 2.05) is 30.3 Å². The second-order valence-corrected chi connectivity index (χ2v) is 6.03. The lowest BCUT2D eigenvalue weighted by atomic mass is 10.2. The molecule has 0 aliphatic heterocycles. The molecular weight excluding hydrogens is 372 g/mol. The minimum atomic E-state index is -0.300. The molecule has 0 unspecified atom stereocenters. The van der Waals surface area contributed by atoms with Crippen LogP contribution in [0.3, 0.4) is 0 Å². The summed E-state index contributed by atoms with van der Waals surface area (Å²) in [5, 5.41) is 14.0. The van der Waals surface area contributed by atoms with Crippen LogP contribution in [0.4, 0.5) is 11.5 Å². The molecule has 0 saturated carbocycles. The second-order valence-electron chi connectivity index (χ2n) is 6.03. The van der Waals surface area contributed by atoms with Gasteiger partial charge in [-0.2, -0.15) is 0 Å². The number of nitrogens with zero attached hydrogens (tertiary/aromatic N) is 2. The van der Waals surface area contributed by atoms with Gasteiger partial charge in [0.15, 0.2) is 23.0 Å². The van der Waals surface area contributed by atoms with Gasteiger partial charge in [-0.05, 0) is 42.0 Å². The number of ether oxygens (including phenoxy) is 3. The Kier molecular flexibility index (Phi) is 6.47. The molecule has 1 amide bonds. The Balaban J connectivity index is 1.59. The number of anilines is 2. The van der Waals surface area contributed by atoms with Gasteiger partial charge in [-0.25, -0.2) is 0 Å². The van der Waals surface area contributed by atoms with Crippen LogP contribution in [0, 0.1) is 0 Å². The number of hydrogen-bond donors (Lipinski definition) is 2. The van der Waals surface area contributed by atoms with Crippen LogP contribution in [-0.4, -0.2) is 37.4 Å². The maximum Gasteiger partial charge on any atom is 0.272 e. The van der Waals surface area contributed by atoms with E-state index in [0.717, 1.165) is 17.0 Å². The number of rotatable bonds is 8. The van der Waals surface area contributed by atoms with Crippen LogP contribution in [0.25, 0.3) is 0 Å². The first-order valence-corrected chi connectivity index (χ1v) is 8.87. The largest absolute Gasteiger partial charge is 0.497 e. The van der Waals surface area contributed by atoms with E-state index < -0.39 is 0 Å². The van der Waals surface area contributed by atoms with Gasteiger partial charge < -0.3 is 24.8 Å². The number of nitrogens with one attached hydrogen (secondary N) is 2. The Morgan fingerprint density at radius 1 is 0.862 bits per heavy atom. The van der Waals surface area contributed by atoms with E-state index in [1.165, 1.54) is 0 Å². The molecule has 0 aliphatic carbocycles. The molecule has 8 heteroatoms. The standard InChI is InChI=1S/C21H22N4O4/c1-27-16-7-4-14(5-8-16)13-22-21(26)17-9-11-20(25-24-17)23-15-6-10-18(28-2)19(12-15)29-3/h4-12H,13H2,1-3H3,(H,22,26)(H,23,25). The topological polar surface area (TPSA) is 94.6 Å². The van der Waals surface area contributed by atoms with Crippen molar-refractivity contribution in [3.8, 4) is 17.2 Å². The Morgan fingerprint density at radius 2 is 1.62 bits per heavy atom. The fourth-order valence-corrected chi connectivity index (χ4v) is 2.60. The van der Waals surface area contributed by atoms with Gasteiger partial charge in [0.05, 0.1) is 21.3 Å². The molecule has 29 heavy (non-hydrogen) atoms. The summed E-state index contributed by atoms with van der Waals surface area (Å²) in [6.45, 7) is 0.385. The number of hydrogen-bond acceptors (Lipinski definition) is 7. The zero-order valence-corrected chi connectivity index (χ0v) is 16.4. The summed E-state index contributed by atoms with van der Waals surface area (Å²) in [4.78, 5) is 12.3. The highest BCUT2D eigenvalue weighted by Gasteiger charge is 2.09. The summed E-state index contributed by atoms with van der Waals surface area (Å²) < 4.78 is 15.6. The first-order valence-electron chi connectivity index (χ1n) is 8.87. The van der Waals surface area contributed by atoms with Crippen LogP contribution < -0.4 is 24.8 Å². The quantitative estimate of drug-likeness (QED) is 0.606. The highest BCUT2D eigenvalue weighted by molar-refractivity contribution is 5.92. The van der Waals surface area contributed by atoms with Crippen molar-refractivity contribution in [1.82, 2.24) is 15.5 Å². The van der Waals surface area contributed by atoms with Gasteiger partial charge >= 0.3 is 0 Å². The van der Waals surface area contributed by atoms with E-state index in [-0.39, 0.29) is 11.6 Å². The molecule has 2 N–H and O–H groups in total. The SMILES string of the molecule is COc1ccc(CNC(=O)c2ccc(Nc3ccc(OC)c(OC)c3)nn2)cc1. The monoisotopic (exact) mass is 394 g/mol. The third-order valence-electron chi connectivity index (χ3n) is 4.17. The lowest BCUT2D eigenvalue weighted by Gasteiger charge is -2.11. The first-order chi connectivity index (χ1) is 14.1. The van der Waals surface area contributed by atoms with Crippen LogP contribution >= 0.6 is 0 Å². The number of carbonyl (C=O) groups is 1. The zero-order chi connectivity index (χ0) is 20.6. The van der Waals surface area contributed by atoms with Crippen LogP contribution in [0.5, 0.6) is 17.2 Å². The van der Waals surface area contributed by atoms with Gasteiger partial charge in [-0.15, -0.1) is 10.2 Å². The highest BCUT2D eigenvalue weighted by Crippen LogP contribution is 2.30. The molecule has 1 aromatic heterocycles. The van der Waals surface area contributed by atoms with Crippen molar-refractivity contribution in [3.05, 3.63) is 65.9 Å². The molecular formula is C21H22N4O4. The molecule has 0 spiro atoms. The number of carbonyl (C=O) groups excluding carboxylic acids is 1. The molecule has 3 aromatic rings. The van der Waals surface area contributed by atoms with E-state index in [9.17, 15) is 4.79 Å². The van der Waals surface area contributed by atoms with E-state index >= 15 is 0 Å². The minimum Gasteiger partial charge on any atom is -0.497 e. The Hall–Kier alpha value is -3.81. The maximum atomic E-state index is 12.3. The molecule has 0 atom stereocenters. The third kappa shape index (κ3) is 5.13. The van der Waals surface area contributed by atoms with Crippen LogP contribution in [0.2, 0.25) is 0 Å². The summed E-state index contributed by atoms with van der Waals surface area (Å²) >= 11 is 0. The van der Waals surface area contributed by atoms with Crippen molar-refractivity contribution < 1.29 is 19.0 Å². The average Bonchev–Trinajstić information content (AvgIpc) is 2.78. The van der Waals surface area contributed by atoms with Gasteiger partial charge in [-0.1, -0.05) is 12.1 Å². The molecule has 150 valence electrons. The summed E-state index contributed by atoms with van der Waals surface area (Å²) in [5.41, 5.74) is 1.95. The third-order valence-corrected chi connectivity index (χ3v) is 4.17. The minimum absolute atomic E-state index is 0.233. The molecule has 0 bridgehead atoms. The second kappa shape index (κ2) is 9.41. The van der Waals surface area contributed by atoms with Gasteiger partial charge in [0.2, 0.25) is 0 Å². The lowest BCUT2D eigenvalue weighted by Crippen LogP contribution is -2.24. The molecule has 8 nitrogen and oxygen atoms in total. The van der Waals surface area contributed by atoms with E-state index in [0.29, 0.717) is 23.9 Å². The molecule has 1 heterocycles. The molecule has 2 aromatic carbocycles. The smallest absolute Gasteiger partial charge is 0.272 e. The zero-order valence-electron chi connectivity index (χ0n) is 16.4. The normalized spacial score (nSPS) is 10.2. The van der Waals surface area contributed by atoms with Crippen molar-refractivity contribution in [2.24, 2.45) is 0 Å². The van der Waals surface area contributed by atoms with E-state index in [2.05, 4.69) is 20.8 Å². The number of aromatic nitrogens is 2. The summed E-state index contributed by atoms with van der Waals surface area (Å²) in [6, 6.07) is 16.2. The van der Waals surface area contributed by atoms with Gasteiger partial charge in [0.25, 0.3) is 5.91 Å². The Bertz CT molecular complexity index is 959. The van der Waals surface area contributed by atoms with Gasteiger partial charge in [-0.3, -0.25) is 4.79 Å². The number of benzene rings is 2. The Labute approximate surface area is 168 Å². The predicted octanol–water partition coefficient (Wildman–Crippen LogP) is 3.18. The Morgan fingerprint density at radius 3 is 2.24 bits per heavy atom. The molecule has 0 radical (unpaired) electrons. The fraction of sp³-hybridized carbons (Fsp3) is 0.190. The van der Waals surface area contributed by atoms with Crippen molar-refractivity contribution in [3.63, 3.8) is 0 Å². The summed E-state index contributed by atoms with van der Waals surface area (Å²) in [5.74, 6) is 2.20. The number of methoxy groups -OCH3 is 3. The molecule has 0 aliphatic rings. The highest BCUT2D eigenvalue weighted by atomic mass is 16.5. The molecule has 0 saturated heterocycles. The van der Waals surface area contributed by atoms with Crippen LogP contribution in [0.1, 0.15) is 16.1 Å². The fourth-order valence-electron chi connectivity index (χ4n) is 2.60. The van der Waals surface area contributed by atoms with E-state index in [1.54, 1.807) is 45.6 Å². The van der Waals surface area contributed by atoms with Gasteiger partial charge in [0, 0.05) is 18.3 Å². The number of amides is 1. The molecule has 3 rings (SSSR count). The average molecular weight is 394 g/mol. The predicted molar refractivity (Wildman–Crippen MR) is 109 cm³/mol. The van der Waals surface area contributed by atoms with E-state index in [4.69, 9.17) is 14.2 Å². The van der Waals surface area contributed by atoms with Crippen molar-refractivity contribution in [2.75, 3.05) is 26.6 Å². The molecule has 0 fully saturated rings. The van der Waals surface area contributed by atoms with Crippen molar-refractivity contribution in [1.29, 1.82) is 0 Å². The van der Waals surface area contributed by atoms with Crippen molar-refractivity contribution in [2.45, 2.75) is 6.54 Å². The summed E-state index contributed by atoms with van der Waals surface area (Å²) in [7, 11) is 4.76. The maximum absolute atomic E-state index is 12.3. The van der Waals surface area contributed by atoms with Gasteiger partial charge in [0.1, 0.15) is 5.75 Å².